The van der Waals surface area contributed by atoms with E-state index in [9.17, 15) is 9.59 Å². The molecule has 1 amide bonds. The van der Waals surface area contributed by atoms with Crippen molar-refractivity contribution in [2.24, 2.45) is 0 Å². The molecule has 7 heteroatoms. The van der Waals surface area contributed by atoms with Crippen LogP contribution in [0.15, 0.2) is 52.9 Å². The summed E-state index contributed by atoms with van der Waals surface area (Å²) >= 11 is 5.85. The molecule has 2 aromatic carbocycles. The Morgan fingerprint density at radius 1 is 1.10 bits per heavy atom. The molecule has 1 aromatic heterocycles. The number of amides is 1. The Morgan fingerprint density at radius 2 is 1.86 bits per heavy atom. The lowest BCUT2D eigenvalue weighted by Gasteiger charge is -2.07. The van der Waals surface area contributed by atoms with E-state index in [-0.39, 0.29) is 24.9 Å². The number of hydrogen-bond donors (Lipinski definition) is 1. The van der Waals surface area contributed by atoms with Gasteiger partial charge in [-0.05, 0) is 37.1 Å². The van der Waals surface area contributed by atoms with Crippen molar-refractivity contribution in [2.45, 2.75) is 20.0 Å². The van der Waals surface area contributed by atoms with Crippen LogP contribution in [-0.4, -0.2) is 31.6 Å². The average Bonchev–Trinajstić information content (AvgIpc) is 3.10. The number of carbonyl (C=O) groups is 2. The van der Waals surface area contributed by atoms with Gasteiger partial charge < -0.3 is 19.2 Å². The van der Waals surface area contributed by atoms with Crippen molar-refractivity contribution in [3.8, 4) is 0 Å². The topological polar surface area (TPSA) is 77.8 Å². The molecule has 0 spiro atoms. The highest BCUT2D eigenvalue weighted by Gasteiger charge is 2.22. The molecule has 3 rings (SSSR count). The predicted molar refractivity (Wildman–Crippen MR) is 110 cm³/mol. The molecule has 1 heterocycles. The number of rotatable bonds is 9. The fourth-order valence-corrected chi connectivity index (χ4v) is 2.98. The molecular weight excluding hydrogens is 394 g/mol. The van der Waals surface area contributed by atoms with E-state index in [1.807, 2.05) is 37.3 Å². The first-order chi connectivity index (χ1) is 14.1. The first-order valence-electron chi connectivity index (χ1n) is 9.35. The monoisotopic (exact) mass is 415 g/mol. The van der Waals surface area contributed by atoms with E-state index in [1.54, 1.807) is 18.2 Å². The molecule has 0 unspecified atom stereocenters. The van der Waals surface area contributed by atoms with Crippen molar-refractivity contribution in [1.29, 1.82) is 0 Å². The summed E-state index contributed by atoms with van der Waals surface area (Å²) in [7, 11) is 0. The first kappa shape index (κ1) is 20.9. The summed E-state index contributed by atoms with van der Waals surface area (Å²) in [6, 6.07) is 14.7. The maximum Gasteiger partial charge on any atom is 0.375 e. The van der Waals surface area contributed by atoms with Crippen LogP contribution in [0.5, 0.6) is 0 Å². The van der Waals surface area contributed by atoms with Gasteiger partial charge in [0.2, 0.25) is 5.76 Å². The molecule has 3 aromatic rings. The number of benzene rings is 2. The molecule has 0 saturated heterocycles. The zero-order valence-electron chi connectivity index (χ0n) is 16.1. The van der Waals surface area contributed by atoms with Crippen LogP contribution in [0.25, 0.3) is 11.0 Å². The molecule has 0 aliphatic heterocycles. The van der Waals surface area contributed by atoms with E-state index >= 15 is 0 Å². The number of esters is 1. The maximum atomic E-state index is 12.5. The van der Waals surface area contributed by atoms with Gasteiger partial charge in [0.1, 0.15) is 5.58 Å². The predicted octanol–water partition coefficient (Wildman–Crippen LogP) is 4.14. The second-order valence-electron chi connectivity index (χ2n) is 6.35. The number of nitrogens with one attached hydrogen (secondary N) is 1. The van der Waals surface area contributed by atoms with Gasteiger partial charge in [-0.2, -0.15) is 0 Å². The summed E-state index contributed by atoms with van der Waals surface area (Å²) in [5.74, 6) is -1.01. The molecule has 0 aliphatic carbocycles. The third-order valence-electron chi connectivity index (χ3n) is 4.32. The van der Waals surface area contributed by atoms with Gasteiger partial charge in [0, 0.05) is 29.1 Å². The second-order valence-corrected chi connectivity index (χ2v) is 6.78. The molecule has 152 valence electrons. The van der Waals surface area contributed by atoms with Gasteiger partial charge in [-0.25, -0.2) is 4.79 Å². The van der Waals surface area contributed by atoms with E-state index in [0.29, 0.717) is 35.7 Å². The van der Waals surface area contributed by atoms with Crippen molar-refractivity contribution < 1.29 is 23.5 Å². The van der Waals surface area contributed by atoms with Gasteiger partial charge in [0.15, 0.2) is 6.61 Å². The number of hydrogen-bond acceptors (Lipinski definition) is 5. The fraction of sp³-hybridized carbons (Fsp3) is 0.273. The Balaban J connectivity index is 1.54. The lowest BCUT2D eigenvalue weighted by molar-refractivity contribution is -0.124. The van der Waals surface area contributed by atoms with E-state index in [4.69, 9.17) is 25.5 Å². The van der Waals surface area contributed by atoms with E-state index in [0.717, 1.165) is 10.9 Å². The van der Waals surface area contributed by atoms with Crippen molar-refractivity contribution in [3.05, 3.63) is 70.4 Å². The molecule has 0 bridgehead atoms. The largest absolute Gasteiger partial charge is 0.450 e. The molecule has 1 N–H and O–H groups in total. The van der Waals surface area contributed by atoms with E-state index < -0.39 is 5.97 Å². The van der Waals surface area contributed by atoms with E-state index in [2.05, 4.69) is 5.32 Å². The minimum Gasteiger partial charge on any atom is -0.450 e. The average molecular weight is 416 g/mol. The van der Waals surface area contributed by atoms with Crippen LogP contribution in [0.1, 0.15) is 28.6 Å². The summed E-state index contributed by atoms with van der Waals surface area (Å²) in [5.41, 5.74) is 2.24. The maximum absolute atomic E-state index is 12.5. The van der Waals surface area contributed by atoms with Crippen LogP contribution >= 0.6 is 11.6 Å². The van der Waals surface area contributed by atoms with Crippen molar-refractivity contribution in [3.63, 3.8) is 0 Å². The Labute approximate surface area is 173 Å². The quantitative estimate of drug-likeness (QED) is 0.531. The number of halogens is 1. The Hall–Kier alpha value is -2.83. The molecule has 0 saturated carbocycles. The van der Waals surface area contributed by atoms with Crippen LogP contribution in [0.3, 0.4) is 0 Å². The molecule has 29 heavy (non-hydrogen) atoms. The van der Waals surface area contributed by atoms with Crippen LogP contribution in [0.2, 0.25) is 5.02 Å². The van der Waals surface area contributed by atoms with E-state index in [1.165, 1.54) is 0 Å². The normalized spacial score (nSPS) is 10.8. The lowest BCUT2D eigenvalue weighted by Crippen LogP contribution is -2.30. The highest BCUT2D eigenvalue weighted by Crippen LogP contribution is 2.27. The van der Waals surface area contributed by atoms with Crippen LogP contribution < -0.4 is 5.32 Å². The summed E-state index contributed by atoms with van der Waals surface area (Å²) < 4.78 is 16.2. The number of carbonyl (C=O) groups excluding carboxylic acids is 2. The minimum atomic E-state index is -0.691. The van der Waals surface area contributed by atoms with Gasteiger partial charge in [0.25, 0.3) is 5.91 Å². The van der Waals surface area contributed by atoms with Crippen LogP contribution in [0, 0.1) is 0 Å². The first-order valence-corrected chi connectivity index (χ1v) is 9.72. The van der Waals surface area contributed by atoms with Gasteiger partial charge >= 0.3 is 5.97 Å². The third kappa shape index (κ3) is 5.59. The van der Waals surface area contributed by atoms with Crippen LogP contribution in [0.4, 0.5) is 0 Å². The summed E-state index contributed by atoms with van der Waals surface area (Å²) in [5, 5.41) is 4.18. The number of para-hydroxylation sites is 1. The smallest absolute Gasteiger partial charge is 0.375 e. The van der Waals surface area contributed by atoms with Crippen LogP contribution in [-0.2, 0) is 27.3 Å². The zero-order chi connectivity index (χ0) is 20.6. The molecule has 6 nitrogen and oxygen atoms in total. The fourth-order valence-electron chi connectivity index (χ4n) is 2.86. The molecule has 0 fully saturated rings. The highest BCUT2D eigenvalue weighted by molar-refractivity contribution is 6.30. The SMILES string of the molecule is CCOCc1c(C(=O)OCC(=O)NCCc2ccc(Cl)cc2)oc2ccccc12. The summed E-state index contributed by atoms with van der Waals surface area (Å²) in [6.07, 6.45) is 0.652. The third-order valence-corrected chi connectivity index (χ3v) is 4.57. The lowest BCUT2D eigenvalue weighted by atomic mass is 10.1. The number of ether oxygens (including phenoxy) is 2. The number of furan rings is 1. The standard InChI is InChI=1S/C22H22ClNO5/c1-2-27-13-18-17-5-3-4-6-19(17)29-21(18)22(26)28-14-20(25)24-12-11-15-7-9-16(23)10-8-15/h3-10H,2,11-14H2,1H3,(H,24,25). The Morgan fingerprint density at radius 3 is 2.62 bits per heavy atom. The Bertz CT molecular complexity index is 981. The van der Waals surface area contributed by atoms with Crippen molar-refractivity contribution >= 4 is 34.4 Å². The second kappa shape index (κ2) is 10.1. The zero-order valence-corrected chi connectivity index (χ0v) is 16.8. The molecule has 0 aliphatic rings. The molecular formula is C22H22ClNO5. The van der Waals surface area contributed by atoms with Gasteiger partial charge in [-0.15, -0.1) is 0 Å². The number of fused-ring (bicyclic) bond motifs is 1. The van der Waals surface area contributed by atoms with Gasteiger partial charge in [0.05, 0.1) is 6.61 Å². The minimum absolute atomic E-state index is 0.0635. The Kier molecular flexibility index (Phi) is 7.27. The summed E-state index contributed by atoms with van der Waals surface area (Å²) in [6.45, 7) is 2.65. The van der Waals surface area contributed by atoms with Gasteiger partial charge in [-0.3, -0.25) is 4.79 Å². The molecule has 0 radical (unpaired) electrons. The summed E-state index contributed by atoms with van der Waals surface area (Å²) in [4.78, 5) is 24.5. The molecule has 0 atom stereocenters. The van der Waals surface area contributed by atoms with Crippen molar-refractivity contribution in [1.82, 2.24) is 5.32 Å². The van der Waals surface area contributed by atoms with Gasteiger partial charge in [-0.1, -0.05) is 41.9 Å². The van der Waals surface area contributed by atoms with Crippen molar-refractivity contribution in [2.75, 3.05) is 19.8 Å². The highest BCUT2D eigenvalue weighted by atomic mass is 35.5.